The Hall–Kier alpha value is -1.23. The first-order valence-electron chi connectivity index (χ1n) is 3.69. The third kappa shape index (κ3) is 2.35. The summed E-state index contributed by atoms with van der Waals surface area (Å²) in [5.74, 6) is -0.476. The van der Waals surface area contributed by atoms with E-state index >= 15 is 0 Å². The topological polar surface area (TPSA) is 70.3 Å². The van der Waals surface area contributed by atoms with E-state index in [9.17, 15) is 8.42 Å². The Morgan fingerprint density at radius 2 is 1.85 bits per heavy atom. The van der Waals surface area contributed by atoms with Crippen molar-refractivity contribution in [3.05, 3.63) is 29.8 Å². The van der Waals surface area contributed by atoms with E-state index in [4.69, 9.17) is 5.53 Å². The highest BCUT2D eigenvalue weighted by atomic mass is 32.2. The number of aryl methyl sites for hydroxylation is 1. The lowest BCUT2D eigenvalue weighted by atomic mass is 10.2. The highest BCUT2D eigenvalue weighted by molar-refractivity contribution is 7.91. The minimum Gasteiger partial charge on any atom is -0.222 e. The molecule has 5 heteroatoms. The predicted octanol–water partition coefficient (Wildman–Crippen LogP) is 1.76. The van der Waals surface area contributed by atoms with Crippen LogP contribution in [-0.4, -0.2) is 14.3 Å². The molecule has 0 aliphatic heterocycles. The Balaban J connectivity index is 3.08. The van der Waals surface area contributed by atoms with Crippen LogP contribution in [0.1, 0.15) is 5.56 Å². The molecule has 0 aliphatic rings. The van der Waals surface area contributed by atoms with Crippen molar-refractivity contribution >= 4 is 9.84 Å². The molecule has 1 aromatic carbocycles. The summed E-state index contributed by atoms with van der Waals surface area (Å²) in [6.07, 6.45) is 0. The lowest BCUT2D eigenvalue weighted by molar-refractivity contribution is 0.595. The highest BCUT2D eigenvalue weighted by Crippen LogP contribution is 2.11. The lowest BCUT2D eigenvalue weighted by Crippen LogP contribution is -2.03. The molecule has 0 heterocycles. The van der Waals surface area contributed by atoms with Gasteiger partial charge < -0.3 is 0 Å². The van der Waals surface area contributed by atoms with E-state index in [1.807, 2.05) is 6.92 Å². The van der Waals surface area contributed by atoms with E-state index in [1.54, 1.807) is 12.1 Å². The molecule has 0 saturated heterocycles. The Bertz CT molecular complexity index is 395. The number of nitrogens with one attached hydrogen (secondary N) is 1. The van der Waals surface area contributed by atoms with Crippen LogP contribution in [0.15, 0.2) is 34.3 Å². The van der Waals surface area contributed by atoms with Crippen LogP contribution in [0.2, 0.25) is 0 Å². The minimum absolute atomic E-state index is 0.217. The summed E-state index contributed by atoms with van der Waals surface area (Å²) < 4.78 is 22.7. The van der Waals surface area contributed by atoms with Gasteiger partial charge in [-0.05, 0) is 19.1 Å². The van der Waals surface area contributed by atoms with Gasteiger partial charge in [-0.15, -0.1) is 0 Å². The molecule has 0 fully saturated rings. The standard InChI is InChI=1S/C8H10N2O2S/c1-7-2-4-8(5-3-7)13(11,12)6-10-9/h2-5,9H,6H2,1H3. The van der Waals surface area contributed by atoms with Gasteiger partial charge >= 0.3 is 0 Å². The molecule has 0 spiro atoms. The predicted molar refractivity (Wildman–Crippen MR) is 48.4 cm³/mol. The van der Waals surface area contributed by atoms with Gasteiger partial charge in [-0.2, -0.15) is 5.11 Å². The van der Waals surface area contributed by atoms with Crippen LogP contribution in [0.25, 0.3) is 0 Å². The number of benzene rings is 1. The molecule has 1 aromatic rings. The zero-order valence-corrected chi connectivity index (χ0v) is 8.00. The first kappa shape index (κ1) is 9.85. The Labute approximate surface area is 77.0 Å². The summed E-state index contributed by atoms with van der Waals surface area (Å²) in [5, 5.41) is 2.87. The summed E-state index contributed by atoms with van der Waals surface area (Å²) in [4.78, 5) is 0.217. The second-order valence-corrected chi connectivity index (χ2v) is 4.67. The second kappa shape index (κ2) is 3.66. The second-order valence-electron chi connectivity index (χ2n) is 2.72. The summed E-state index contributed by atoms with van der Waals surface area (Å²) in [6, 6.07) is 6.49. The Morgan fingerprint density at radius 3 is 2.31 bits per heavy atom. The van der Waals surface area contributed by atoms with Gasteiger partial charge in [0, 0.05) is 0 Å². The average molecular weight is 198 g/mol. The van der Waals surface area contributed by atoms with Crippen molar-refractivity contribution < 1.29 is 8.42 Å². The molecule has 0 radical (unpaired) electrons. The van der Waals surface area contributed by atoms with E-state index in [1.165, 1.54) is 12.1 Å². The molecule has 0 unspecified atom stereocenters. The first-order valence-corrected chi connectivity index (χ1v) is 5.34. The van der Waals surface area contributed by atoms with Crippen molar-refractivity contribution in [2.24, 2.45) is 5.11 Å². The molecule has 0 aliphatic carbocycles. The van der Waals surface area contributed by atoms with Gasteiger partial charge in [-0.3, -0.25) is 0 Å². The maximum absolute atomic E-state index is 11.3. The smallest absolute Gasteiger partial charge is 0.200 e. The van der Waals surface area contributed by atoms with Crippen molar-refractivity contribution in [1.29, 1.82) is 5.53 Å². The Morgan fingerprint density at radius 1 is 1.31 bits per heavy atom. The molecular weight excluding hydrogens is 188 g/mol. The van der Waals surface area contributed by atoms with Crippen LogP contribution in [0, 0.1) is 12.5 Å². The number of hydrogen-bond acceptors (Lipinski definition) is 4. The van der Waals surface area contributed by atoms with E-state index in [-0.39, 0.29) is 4.90 Å². The molecule has 0 aromatic heterocycles. The fourth-order valence-corrected chi connectivity index (χ4v) is 1.77. The van der Waals surface area contributed by atoms with E-state index < -0.39 is 15.7 Å². The van der Waals surface area contributed by atoms with Crippen molar-refractivity contribution in [2.45, 2.75) is 11.8 Å². The third-order valence-electron chi connectivity index (χ3n) is 1.61. The number of hydrogen-bond donors (Lipinski definition) is 1. The number of sulfone groups is 1. The normalized spacial score (nSPS) is 11.2. The minimum atomic E-state index is -3.38. The van der Waals surface area contributed by atoms with Gasteiger partial charge in [0.25, 0.3) is 0 Å². The molecule has 13 heavy (non-hydrogen) atoms. The van der Waals surface area contributed by atoms with Crippen LogP contribution in [0.4, 0.5) is 0 Å². The average Bonchev–Trinajstić information content (AvgIpc) is 2.05. The van der Waals surface area contributed by atoms with Crippen molar-refractivity contribution in [3.8, 4) is 0 Å². The molecule has 0 atom stereocenters. The summed E-state index contributed by atoms with van der Waals surface area (Å²) in [6.45, 7) is 1.88. The Kier molecular flexibility index (Phi) is 2.77. The summed E-state index contributed by atoms with van der Waals surface area (Å²) in [7, 11) is -3.38. The molecular formula is C8H10N2O2S. The van der Waals surface area contributed by atoms with E-state index in [0.717, 1.165) is 5.56 Å². The van der Waals surface area contributed by atoms with Crippen molar-refractivity contribution in [1.82, 2.24) is 0 Å². The van der Waals surface area contributed by atoms with Crippen molar-refractivity contribution in [3.63, 3.8) is 0 Å². The van der Waals surface area contributed by atoms with Crippen molar-refractivity contribution in [2.75, 3.05) is 5.88 Å². The van der Waals surface area contributed by atoms with E-state index in [0.29, 0.717) is 0 Å². The largest absolute Gasteiger partial charge is 0.222 e. The van der Waals surface area contributed by atoms with Gasteiger partial charge in [0.2, 0.25) is 0 Å². The molecule has 70 valence electrons. The molecule has 0 bridgehead atoms. The maximum atomic E-state index is 11.3. The fourth-order valence-electron chi connectivity index (χ4n) is 0.905. The highest BCUT2D eigenvalue weighted by Gasteiger charge is 2.12. The van der Waals surface area contributed by atoms with Gasteiger partial charge in [0.05, 0.1) is 4.90 Å². The number of nitrogens with zero attached hydrogens (tertiary/aromatic N) is 1. The fraction of sp³-hybridized carbons (Fsp3) is 0.250. The van der Waals surface area contributed by atoms with Gasteiger partial charge in [-0.1, -0.05) is 17.7 Å². The van der Waals surface area contributed by atoms with Crippen LogP contribution in [0.5, 0.6) is 0 Å². The first-order chi connectivity index (χ1) is 6.06. The molecule has 0 saturated carbocycles. The lowest BCUT2D eigenvalue weighted by Gasteiger charge is -1.99. The monoisotopic (exact) mass is 198 g/mol. The quantitative estimate of drug-likeness (QED) is 0.752. The zero-order chi connectivity index (χ0) is 9.90. The molecule has 4 nitrogen and oxygen atoms in total. The summed E-state index contributed by atoms with van der Waals surface area (Å²) >= 11 is 0. The van der Waals surface area contributed by atoms with Gasteiger partial charge in [0.1, 0.15) is 0 Å². The molecule has 1 N–H and O–H groups in total. The SMILES string of the molecule is Cc1ccc(S(=O)(=O)CN=N)cc1. The maximum Gasteiger partial charge on any atom is 0.200 e. The van der Waals surface area contributed by atoms with Gasteiger partial charge in [0.15, 0.2) is 15.7 Å². The summed E-state index contributed by atoms with van der Waals surface area (Å²) in [5.41, 5.74) is 7.50. The number of rotatable bonds is 3. The zero-order valence-electron chi connectivity index (χ0n) is 7.19. The molecule has 1 rings (SSSR count). The molecule has 0 amide bonds. The van der Waals surface area contributed by atoms with Crippen LogP contribution in [0.3, 0.4) is 0 Å². The third-order valence-corrected chi connectivity index (χ3v) is 3.07. The van der Waals surface area contributed by atoms with E-state index in [2.05, 4.69) is 5.11 Å². The van der Waals surface area contributed by atoms with Gasteiger partial charge in [-0.25, -0.2) is 13.9 Å². The van der Waals surface area contributed by atoms with Crippen LogP contribution < -0.4 is 0 Å². The van der Waals surface area contributed by atoms with Crippen LogP contribution in [-0.2, 0) is 9.84 Å². The van der Waals surface area contributed by atoms with Crippen LogP contribution >= 0.6 is 0 Å².